The Balaban J connectivity index is 1.51. The number of hydrogen-bond donors (Lipinski definition) is 0. The topological polar surface area (TPSA) is 90.0 Å². The van der Waals surface area contributed by atoms with Crippen LogP contribution in [-0.2, 0) is 14.3 Å². The van der Waals surface area contributed by atoms with Crippen LogP contribution in [0.1, 0.15) is 16.8 Å². The number of amides is 2. The summed E-state index contributed by atoms with van der Waals surface area (Å²) in [5.74, 6) is -2.13. The smallest absolute Gasteiger partial charge is 0.238 e. The van der Waals surface area contributed by atoms with Crippen molar-refractivity contribution in [1.29, 1.82) is 0 Å². The molecule has 2 heterocycles. The van der Waals surface area contributed by atoms with Crippen molar-refractivity contribution in [2.75, 3.05) is 36.1 Å². The van der Waals surface area contributed by atoms with Crippen molar-refractivity contribution in [1.82, 2.24) is 0 Å². The number of nitrogens with zero attached hydrogens (tertiary/aromatic N) is 2. The fourth-order valence-electron chi connectivity index (χ4n) is 5.06. The Labute approximate surface area is 156 Å². The number of morpholine rings is 1. The molecule has 0 unspecified atom stereocenters. The Bertz CT molecular complexity index is 843. The summed E-state index contributed by atoms with van der Waals surface area (Å²) in [6.07, 6.45) is 4.93. The lowest BCUT2D eigenvalue weighted by atomic mass is 9.85. The molecule has 2 amide bonds. The highest BCUT2D eigenvalue weighted by Gasteiger charge is 2.59. The maximum Gasteiger partial charge on any atom is 0.238 e. The van der Waals surface area contributed by atoms with Gasteiger partial charge in [-0.15, -0.1) is 0 Å². The second-order valence-electron chi connectivity index (χ2n) is 7.60. The van der Waals surface area contributed by atoms with E-state index in [-0.39, 0.29) is 41.0 Å². The molecule has 140 valence electrons. The van der Waals surface area contributed by atoms with Gasteiger partial charge in [0.25, 0.3) is 0 Å². The Morgan fingerprint density at radius 1 is 1.04 bits per heavy atom. The van der Waals surface area contributed by atoms with E-state index in [1.54, 1.807) is 12.1 Å². The number of aromatic carboxylic acids is 1. The van der Waals surface area contributed by atoms with E-state index in [4.69, 9.17) is 4.74 Å². The summed E-state index contributed by atoms with van der Waals surface area (Å²) in [6.45, 7) is 2.22. The summed E-state index contributed by atoms with van der Waals surface area (Å²) in [7, 11) is 0. The molecule has 2 aliphatic heterocycles. The fraction of sp³-hybridized carbons (Fsp3) is 0.450. The van der Waals surface area contributed by atoms with E-state index in [0.29, 0.717) is 37.7 Å². The minimum Gasteiger partial charge on any atom is -0.545 e. The highest BCUT2D eigenvalue weighted by atomic mass is 16.5. The first-order chi connectivity index (χ1) is 13.1. The molecule has 7 heteroatoms. The molecule has 4 aliphatic rings. The summed E-state index contributed by atoms with van der Waals surface area (Å²) in [5, 5.41) is 11.7. The molecule has 2 bridgehead atoms. The second-order valence-corrected chi connectivity index (χ2v) is 7.60. The molecule has 5 rings (SSSR count). The van der Waals surface area contributed by atoms with Crippen LogP contribution in [0.25, 0.3) is 0 Å². The lowest BCUT2D eigenvalue weighted by Gasteiger charge is -2.31. The summed E-state index contributed by atoms with van der Waals surface area (Å²) < 4.78 is 5.31. The first-order valence-electron chi connectivity index (χ1n) is 9.30. The summed E-state index contributed by atoms with van der Waals surface area (Å²) in [4.78, 5) is 40.7. The van der Waals surface area contributed by atoms with Crippen LogP contribution in [0.5, 0.6) is 0 Å². The zero-order valence-electron chi connectivity index (χ0n) is 14.7. The molecule has 1 aromatic rings. The number of benzene rings is 1. The van der Waals surface area contributed by atoms with E-state index in [2.05, 4.69) is 0 Å². The van der Waals surface area contributed by atoms with Gasteiger partial charge < -0.3 is 19.5 Å². The number of carboxylic acid groups (broad SMARTS) is 1. The molecule has 0 spiro atoms. The Morgan fingerprint density at radius 3 is 2.26 bits per heavy atom. The predicted molar refractivity (Wildman–Crippen MR) is 94.0 cm³/mol. The first-order valence-corrected chi connectivity index (χ1v) is 9.30. The van der Waals surface area contributed by atoms with Crippen molar-refractivity contribution in [3.05, 3.63) is 35.9 Å². The minimum atomic E-state index is -1.32. The molecule has 4 atom stereocenters. The van der Waals surface area contributed by atoms with Gasteiger partial charge in [0.1, 0.15) is 0 Å². The summed E-state index contributed by atoms with van der Waals surface area (Å²) in [6, 6.07) is 4.71. The number of carbonyl (C=O) groups excluding carboxylic acids is 3. The molecule has 1 saturated carbocycles. The molecule has 1 aromatic carbocycles. The Hall–Kier alpha value is -2.67. The van der Waals surface area contributed by atoms with Crippen LogP contribution in [0.3, 0.4) is 0 Å². The minimum absolute atomic E-state index is 0.00634. The number of allylic oxidation sites excluding steroid dienone is 2. The zero-order chi connectivity index (χ0) is 18.7. The van der Waals surface area contributed by atoms with Crippen molar-refractivity contribution in [3.8, 4) is 0 Å². The van der Waals surface area contributed by atoms with Crippen LogP contribution in [0.15, 0.2) is 30.4 Å². The quantitative estimate of drug-likeness (QED) is 0.560. The lowest BCUT2D eigenvalue weighted by Crippen LogP contribution is -2.38. The molecule has 3 fully saturated rings. The van der Waals surface area contributed by atoms with E-state index in [0.717, 1.165) is 6.42 Å². The lowest BCUT2D eigenvalue weighted by molar-refractivity contribution is -0.255. The van der Waals surface area contributed by atoms with Crippen molar-refractivity contribution in [2.45, 2.75) is 6.42 Å². The van der Waals surface area contributed by atoms with Crippen LogP contribution >= 0.6 is 0 Å². The highest BCUT2D eigenvalue weighted by Crippen LogP contribution is 2.53. The van der Waals surface area contributed by atoms with Gasteiger partial charge in [-0.05, 0) is 36.5 Å². The van der Waals surface area contributed by atoms with Gasteiger partial charge in [-0.25, -0.2) is 4.90 Å². The molecule has 0 aromatic heterocycles. The van der Waals surface area contributed by atoms with Gasteiger partial charge in [0, 0.05) is 24.3 Å². The SMILES string of the molecule is O=C([O-])c1cc(N2C(=O)[C@@H]3[C@@H](C2=O)[C@H]2C=C[C@@H]3C2)ccc1N1CCOCC1. The molecule has 7 nitrogen and oxygen atoms in total. The average Bonchev–Trinajstić information content (AvgIpc) is 3.36. The molecular formula is C20H19N2O5-. The molecule has 27 heavy (non-hydrogen) atoms. The van der Waals surface area contributed by atoms with Crippen LogP contribution in [0, 0.1) is 23.7 Å². The molecule has 0 N–H and O–H groups in total. The number of hydrogen-bond acceptors (Lipinski definition) is 6. The number of ether oxygens (including phenoxy) is 1. The summed E-state index contributed by atoms with van der Waals surface area (Å²) >= 11 is 0. The Kier molecular flexibility index (Phi) is 3.62. The largest absolute Gasteiger partial charge is 0.545 e. The van der Waals surface area contributed by atoms with E-state index in [9.17, 15) is 19.5 Å². The third-order valence-corrected chi connectivity index (χ3v) is 6.28. The van der Waals surface area contributed by atoms with Crippen molar-refractivity contribution >= 4 is 29.2 Å². The molecular weight excluding hydrogens is 348 g/mol. The van der Waals surface area contributed by atoms with E-state index in [1.807, 2.05) is 17.1 Å². The summed E-state index contributed by atoms with van der Waals surface area (Å²) in [5.41, 5.74) is 0.839. The third-order valence-electron chi connectivity index (χ3n) is 6.28. The fourth-order valence-corrected chi connectivity index (χ4v) is 5.06. The maximum absolute atomic E-state index is 12.9. The first kappa shape index (κ1) is 16.5. The number of imide groups is 1. The van der Waals surface area contributed by atoms with Crippen LogP contribution in [0.4, 0.5) is 11.4 Å². The number of carboxylic acids is 1. The zero-order valence-corrected chi connectivity index (χ0v) is 14.7. The standard InChI is InChI=1S/C20H20N2O5/c23-18-16-11-1-2-12(9-11)17(16)19(24)22(18)13-3-4-15(14(10-13)20(25)26)21-5-7-27-8-6-21/h1-4,10-12,16-17H,5-9H2,(H,25,26)/p-1/t11-,12+,16-,17-/m0/s1. The van der Waals surface area contributed by atoms with Crippen molar-refractivity contribution < 1.29 is 24.2 Å². The monoisotopic (exact) mass is 367 g/mol. The normalized spacial score (nSPS) is 31.7. The van der Waals surface area contributed by atoms with Gasteiger partial charge in [-0.1, -0.05) is 12.2 Å². The van der Waals surface area contributed by atoms with Gasteiger partial charge in [-0.3, -0.25) is 9.59 Å². The third kappa shape index (κ3) is 2.34. The highest BCUT2D eigenvalue weighted by molar-refractivity contribution is 6.23. The van der Waals surface area contributed by atoms with Crippen molar-refractivity contribution in [3.63, 3.8) is 0 Å². The number of rotatable bonds is 3. The Morgan fingerprint density at radius 2 is 1.67 bits per heavy atom. The van der Waals surface area contributed by atoms with Crippen molar-refractivity contribution in [2.24, 2.45) is 23.7 Å². The van der Waals surface area contributed by atoms with Gasteiger partial charge >= 0.3 is 0 Å². The molecule has 2 aliphatic carbocycles. The van der Waals surface area contributed by atoms with Gasteiger partial charge in [0.15, 0.2) is 0 Å². The maximum atomic E-state index is 12.9. The second kappa shape index (κ2) is 5.92. The number of fused-ring (bicyclic) bond motifs is 5. The van der Waals surface area contributed by atoms with Crippen LogP contribution in [-0.4, -0.2) is 44.1 Å². The van der Waals surface area contributed by atoms with Crippen LogP contribution in [0.2, 0.25) is 0 Å². The van der Waals surface area contributed by atoms with Gasteiger partial charge in [0.2, 0.25) is 11.8 Å². The van der Waals surface area contributed by atoms with Crippen LogP contribution < -0.4 is 14.9 Å². The van der Waals surface area contributed by atoms with Gasteiger partial charge in [0.05, 0.1) is 36.7 Å². The number of carbonyl (C=O) groups is 3. The van der Waals surface area contributed by atoms with Gasteiger partial charge in [-0.2, -0.15) is 0 Å². The predicted octanol–water partition coefficient (Wildman–Crippen LogP) is 0.198. The average molecular weight is 367 g/mol. The van der Waals surface area contributed by atoms with E-state index < -0.39 is 5.97 Å². The molecule has 2 saturated heterocycles. The van der Waals surface area contributed by atoms with E-state index in [1.165, 1.54) is 11.0 Å². The number of anilines is 2. The van der Waals surface area contributed by atoms with E-state index >= 15 is 0 Å². The molecule has 0 radical (unpaired) electrons.